The lowest BCUT2D eigenvalue weighted by Gasteiger charge is -2.27. The summed E-state index contributed by atoms with van der Waals surface area (Å²) in [4.78, 5) is 25.2. The number of amides is 2. The smallest absolute Gasteiger partial charge is 0.255 e. The van der Waals surface area contributed by atoms with Crippen LogP contribution in [0.2, 0.25) is 0 Å². The first-order chi connectivity index (χ1) is 14.2. The van der Waals surface area contributed by atoms with E-state index in [9.17, 15) is 9.59 Å². The van der Waals surface area contributed by atoms with E-state index >= 15 is 0 Å². The van der Waals surface area contributed by atoms with Crippen molar-refractivity contribution in [1.29, 1.82) is 0 Å². The third-order valence-corrected chi connectivity index (χ3v) is 5.83. The average Bonchev–Trinajstić information content (AvgIpc) is 3.02. The van der Waals surface area contributed by atoms with Gasteiger partial charge < -0.3 is 15.4 Å². The zero-order valence-corrected chi connectivity index (χ0v) is 16.7. The second-order valence-electron chi connectivity index (χ2n) is 8.05. The molecule has 0 spiro atoms. The Morgan fingerprint density at radius 3 is 2.45 bits per heavy atom. The molecule has 152 valence electrons. The molecule has 5 heteroatoms. The third-order valence-electron chi connectivity index (χ3n) is 5.83. The van der Waals surface area contributed by atoms with Gasteiger partial charge in [0.15, 0.2) is 0 Å². The first-order valence-corrected chi connectivity index (χ1v) is 10.6. The third kappa shape index (κ3) is 4.97. The van der Waals surface area contributed by atoms with E-state index in [4.69, 9.17) is 4.74 Å². The zero-order chi connectivity index (χ0) is 20.1. The van der Waals surface area contributed by atoms with Crippen LogP contribution >= 0.6 is 0 Å². The molecule has 2 aliphatic rings. The van der Waals surface area contributed by atoms with Gasteiger partial charge in [-0.2, -0.15) is 0 Å². The Kier molecular flexibility index (Phi) is 6.13. The van der Waals surface area contributed by atoms with Gasteiger partial charge in [-0.15, -0.1) is 0 Å². The molecule has 29 heavy (non-hydrogen) atoms. The highest BCUT2D eigenvalue weighted by Gasteiger charge is 2.28. The van der Waals surface area contributed by atoms with E-state index in [0.29, 0.717) is 30.3 Å². The van der Waals surface area contributed by atoms with Crippen molar-refractivity contribution >= 4 is 17.5 Å². The van der Waals surface area contributed by atoms with Crippen molar-refractivity contribution < 1.29 is 14.3 Å². The van der Waals surface area contributed by atoms with Crippen LogP contribution in [-0.4, -0.2) is 24.5 Å². The van der Waals surface area contributed by atoms with Crippen LogP contribution in [0.25, 0.3) is 0 Å². The highest BCUT2D eigenvalue weighted by atomic mass is 16.5. The van der Waals surface area contributed by atoms with Crippen LogP contribution in [-0.2, 0) is 11.2 Å². The summed E-state index contributed by atoms with van der Waals surface area (Å²) in [6.07, 6.45) is 7.70. The molecular weight excluding hydrogens is 364 g/mol. The summed E-state index contributed by atoms with van der Waals surface area (Å²) in [5, 5.41) is 6.17. The standard InChI is InChI=1S/C24H28N2O3/c27-23(17-8-4-3-5-9-17)26-21-12-13-22-18(15-21)14-19(16-29-22)24(28)25-20-10-6-1-2-7-11-20/h3-5,8-9,12-13,15,19-20H,1-2,6-7,10-11,14,16H2,(H,25,28)(H,26,27)/t19-/m1/s1. The van der Waals surface area contributed by atoms with Gasteiger partial charge in [0.05, 0.1) is 5.92 Å². The number of hydrogen-bond acceptors (Lipinski definition) is 3. The topological polar surface area (TPSA) is 67.4 Å². The maximum Gasteiger partial charge on any atom is 0.255 e. The molecule has 4 rings (SSSR count). The molecule has 1 saturated carbocycles. The number of carbonyl (C=O) groups excluding carboxylic acids is 2. The number of nitrogens with one attached hydrogen (secondary N) is 2. The number of anilines is 1. The molecule has 1 aliphatic heterocycles. The fourth-order valence-electron chi connectivity index (χ4n) is 4.18. The maximum absolute atomic E-state index is 12.8. The van der Waals surface area contributed by atoms with Gasteiger partial charge in [-0.05, 0) is 55.2 Å². The first-order valence-electron chi connectivity index (χ1n) is 10.6. The molecule has 1 heterocycles. The Morgan fingerprint density at radius 2 is 1.69 bits per heavy atom. The lowest BCUT2D eigenvalue weighted by Crippen LogP contribution is -2.42. The molecule has 1 fully saturated rings. The Balaban J connectivity index is 1.39. The molecule has 0 aromatic heterocycles. The van der Waals surface area contributed by atoms with Gasteiger partial charge in [0.1, 0.15) is 12.4 Å². The van der Waals surface area contributed by atoms with Gasteiger partial charge in [-0.3, -0.25) is 9.59 Å². The first kappa shape index (κ1) is 19.5. The molecule has 0 bridgehead atoms. The number of carbonyl (C=O) groups is 2. The Hall–Kier alpha value is -2.82. The minimum absolute atomic E-state index is 0.0845. The molecule has 2 amide bonds. The van der Waals surface area contributed by atoms with E-state index in [0.717, 1.165) is 24.2 Å². The molecule has 0 saturated heterocycles. The molecule has 1 aliphatic carbocycles. The normalized spacial score (nSPS) is 19.4. The van der Waals surface area contributed by atoms with E-state index in [1.54, 1.807) is 12.1 Å². The number of rotatable bonds is 4. The minimum atomic E-state index is -0.189. The van der Waals surface area contributed by atoms with Crippen LogP contribution in [0.4, 0.5) is 5.69 Å². The van der Waals surface area contributed by atoms with Crippen LogP contribution < -0.4 is 15.4 Å². The lowest BCUT2D eigenvalue weighted by molar-refractivity contribution is -0.127. The van der Waals surface area contributed by atoms with Crippen molar-refractivity contribution in [2.75, 3.05) is 11.9 Å². The quantitative estimate of drug-likeness (QED) is 0.761. The summed E-state index contributed by atoms with van der Waals surface area (Å²) >= 11 is 0. The monoisotopic (exact) mass is 392 g/mol. The highest BCUT2D eigenvalue weighted by Crippen LogP contribution is 2.30. The number of fused-ring (bicyclic) bond motifs is 1. The van der Waals surface area contributed by atoms with Gasteiger partial charge >= 0.3 is 0 Å². The van der Waals surface area contributed by atoms with Crippen molar-refractivity contribution in [3.8, 4) is 5.75 Å². The maximum atomic E-state index is 12.8. The Bertz CT molecular complexity index is 858. The lowest BCUT2D eigenvalue weighted by atomic mass is 9.95. The summed E-state index contributed by atoms with van der Waals surface area (Å²) in [7, 11) is 0. The molecule has 2 aromatic rings. The molecule has 2 N–H and O–H groups in total. The average molecular weight is 392 g/mol. The van der Waals surface area contributed by atoms with Crippen molar-refractivity contribution in [2.24, 2.45) is 5.92 Å². The van der Waals surface area contributed by atoms with Crippen LogP contribution in [0.15, 0.2) is 48.5 Å². The summed E-state index contributed by atoms with van der Waals surface area (Å²) in [5.74, 6) is 0.540. The van der Waals surface area contributed by atoms with E-state index in [1.807, 2.05) is 36.4 Å². The van der Waals surface area contributed by atoms with Gasteiger partial charge in [0.25, 0.3) is 5.91 Å². The van der Waals surface area contributed by atoms with Crippen molar-refractivity contribution in [1.82, 2.24) is 5.32 Å². The Morgan fingerprint density at radius 1 is 0.931 bits per heavy atom. The van der Waals surface area contributed by atoms with Crippen LogP contribution in [0.5, 0.6) is 5.75 Å². The summed E-state index contributed by atoms with van der Waals surface area (Å²) in [6.45, 7) is 0.404. The molecular formula is C24H28N2O3. The highest BCUT2D eigenvalue weighted by molar-refractivity contribution is 6.04. The van der Waals surface area contributed by atoms with Crippen LogP contribution in [0.3, 0.4) is 0 Å². The van der Waals surface area contributed by atoms with E-state index < -0.39 is 0 Å². The number of benzene rings is 2. The van der Waals surface area contributed by atoms with Crippen molar-refractivity contribution in [3.63, 3.8) is 0 Å². The van der Waals surface area contributed by atoms with Crippen molar-refractivity contribution in [3.05, 3.63) is 59.7 Å². The molecule has 0 unspecified atom stereocenters. The summed E-state index contributed by atoms with van der Waals surface area (Å²) in [6, 6.07) is 15.0. The van der Waals surface area contributed by atoms with E-state index in [2.05, 4.69) is 10.6 Å². The fourth-order valence-corrected chi connectivity index (χ4v) is 4.18. The largest absolute Gasteiger partial charge is 0.492 e. The van der Waals surface area contributed by atoms with Crippen LogP contribution in [0, 0.1) is 5.92 Å². The summed E-state index contributed by atoms with van der Waals surface area (Å²) in [5.41, 5.74) is 2.29. The number of ether oxygens (including phenoxy) is 1. The molecule has 0 radical (unpaired) electrons. The van der Waals surface area contributed by atoms with Crippen LogP contribution in [0.1, 0.15) is 54.4 Å². The van der Waals surface area contributed by atoms with E-state index in [1.165, 1.54) is 25.7 Å². The number of hydrogen-bond donors (Lipinski definition) is 2. The zero-order valence-electron chi connectivity index (χ0n) is 16.7. The Labute approximate surface area is 171 Å². The predicted octanol–water partition coefficient (Wildman–Crippen LogP) is 4.33. The van der Waals surface area contributed by atoms with E-state index in [-0.39, 0.29) is 17.7 Å². The molecule has 5 nitrogen and oxygen atoms in total. The fraction of sp³-hybridized carbons (Fsp3) is 0.417. The van der Waals surface area contributed by atoms with Gasteiger partial charge in [-0.1, -0.05) is 43.9 Å². The SMILES string of the molecule is O=C(Nc1ccc2c(c1)C[C@@H](C(=O)NC1CCCCCC1)CO2)c1ccccc1. The molecule has 1 atom stereocenters. The predicted molar refractivity (Wildman–Crippen MR) is 113 cm³/mol. The van der Waals surface area contributed by atoms with Gasteiger partial charge in [0, 0.05) is 17.3 Å². The summed E-state index contributed by atoms with van der Waals surface area (Å²) < 4.78 is 5.84. The second kappa shape index (κ2) is 9.12. The second-order valence-corrected chi connectivity index (χ2v) is 8.05. The van der Waals surface area contributed by atoms with Crippen molar-refractivity contribution in [2.45, 2.75) is 51.0 Å². The molecule has 2 aromatic carbocycles. The van der Waals surface area contributed by atoms with Gasteiger partial charge in [0.2, 0.25) is 5.91 Å². The van der Waals surface area contributed by atoms with Gasteiger partial charge in [-0.25, -0.2) is 0 Å². The minimum Gasteiger partial charge on any atom is -0.492 e.